The lowest BCUT2D eigenvalue weighted by Gasteiger charge is -2.16. The Hall–Kier alpha value is -2.95. The van der Waals surface area contributed by atoms with Gasteiger partial charge in [-0.3, -0.25) is 4.98 Å². The lowest BCUT2D eigenvalue weighted by Crippen LogP contribution is -2.07. The fourth-order valence-corrected chi connectivity index (χ4v) is 2.64. The molecule has 2 aromatic heterocycles. The van der Waals surface area contributed by atoms with E-state index >= 15 is 0 Å². The van der Waals surface area contributed by atoms with Crippen LogP contribution < -0.4 is 0 Å². The molecule has 3 rings (SSSR count). The summed E-state index contributed by atoms with van der Waals surface area (Å²) in [6.07, 6.45) is 6.11. The van der Waals surface area contributed by atoms with Gasteiger partial charge in [0.1, 0.15) is 5.69 Å². The molecule has 1 aromatic carbocycles. The van der Waals surface area contributed by atoms with Crippen molar-refractivity contribution >= 4 is 5.97 Å². The van der Waals surface area contributed by atoms with Gasteiger partial charge in [-0.25, -0.2) is 9.78 Å². The highest BCUT2D eigenvalue weighted by Gasteiger charge is 2.14. The summed E-state index contributed by atoms with van der Waals surface area (Å²) >= 11 is 0. The summed E-state index contributed by atoms with van der Waals surface area (Å²) in [5, 5.41) is 9.08. The normalized spacial score (nSPS) is 12.0. The Balaban J connectivity index is 1.94. The number of hydrogen-bond donors (Lipinski definition) is 1. The molecule has 5 heteroatoms. The Morgan fingerprint density at radius 2 is 1.96 bits per heavy atom. The lowest BCUT2D eigenvalue weighted by atomic mass is 10.0. The maximum absolute atomic E-state index is 11.1. The van der Waals surface area contributed by atoms with Crippen LogP contribution >= 0.6 is 0 Å². The lowest BCUT2D eigenvalue weighted by molar-refractivity contribution is 0.0697. The Kier molecular flexibility index (Phi) is 4.19. The van der Waals surface area contributed by atoms with Gasteiger partial charge in [0.05, 0.1) is 23.6 Å². The van der Waals surface area contributed by atoms with E-state index in [-0.39, 0.29) is 11.6 Å². The second-order valence-corrected chi connectivity index (χ2v) is 5.28. The van der Waals surface area contributed by atoms with Crippen LogP contribution in [0.3, 0.4) is 0 Å². The Morgan fingerprint density at radius 3 is 2.65 bits per heavy atom. The van der Waals surface area contributed by atoms with Gasteiger partial charge in [-0.1, -0.05) is 37.3 Å². The molecule has 116 valence electrons. The Bertz CT molecular complexity index is 812. The molecule has 1 unspecified atom stereocenters. The van der Waals surface area contributed by atoms with Crippen molar-refractivity contribution in [2.75, 3.05) is 0 Å². The van der Waals surface area contributed by atoms with Crippen LogP contribution in [-0.2, 0) is 0 Å². The van der Waals surface area contributed by atoms with Crippen molar-refractivity contribution in [3.63, 3.8) is 0 Å². The molecular weight excluding hydrogens is 290 g/mol. The van der Waals surface area contributed by atoms with Crippen LogP contribution in [0, 0.1) is 0 Å². The van der Waals surface area contributed by atoms with Crippen molar-refractivity contribution in [2.24, 2.45) is 0 Å². The minimum atomic E-state index is -0.969. The van der Waals surface area contributed by atoms with E-state index in [0.29, 0.717) is 11.4 Å². The first-order valence-corrected chi connectivity index (χ1v) is 7.47. The fraction of sp³-hybridized carbons (Fsp3) is 0.167. The highest BCUT2D eigenvalue weighted by molar-refractivity contribution is 5.88. The minimum absolute atomic E-state index is 0.195. The van der Waals surface area contributed by atoms with Gasteiger partial charge in [0.15, 0.2) is 0 Å². The van der Waals surface area contributed by atoms with Gasteiger partial charge >= 0.3 is 5.97 Å². The number of hydrogen-bond acceptors (Lipinski definition) is 3. The highest BCUT2D eigenvalue weighted by atomic mass is 16.4. The van der Waals surface area contributed by atoms with E-state index in [1.807, 2.05) is 29.0 Å². The first-order chi connectivity index (χ1) is 11.2. The number of rotatable bonds is 5. The Labute approximate surface area is 134 Å². The summed E-state index contributed by atoms with van der Waals surface area (Å²) in [6.45, 7) is 2.13. The third-order valence-electron chi connectivity index (χ3n) is 3.80. The zero-order chi connectivity index (χ0) is 16.2. The maximum Gasteiger partial charge on any atom is 0.335 e. The maximum atomic E-state index is 11.1. The molecule has 0 aliphatic carbocycles. The molecule has 0 aliphatic rings. The molecule has 1 N–H and O–H groups in total. The average Bonchev–Trinajstić information content (AvgIpc) is 3.06. The largest absolute Gasteiger partial charge is 0.478 e. The number of carboxylic acid groups (broad SMARTS) is 1. The highest BCUT2D eigenvalue weighted by Crippen LogP contribution is 2.24. The number of aromatic carboxylic acids is 1. The van der Waals surface area contributed by atoms with Crippen molar-refractivity contribution in [3.05, 3.63) is 72.3 Å². The quantitative estimate of drug-likeness (QED) is 0.781. The molecule has 0 radical (unpaired) electrons. The summed E-state index contributed by atoms with van der Waals surface area (Å²) in [7, 11) is 0. The molecule has 0 aliphatic heterocycles. The zero-order valence-electron chi connectivity index (χ0n) is 12.8. The van der Waals surface area contributed by atoms with E-state index < -0.39 is 5.97 Å². The van der Waals surface area contributed by atoms with Crippen molar-refractivity contribution in [2.45, 2.75) is 19.4 Å². The topological polar surface area (TPSA) is 68.0 Å². The molecule has 3 aromatic rings. The fourth-order valence-electron chi connectivity index (χ4n) is 2.64. The van der Waals surface area contributed by atoms with Crippen molar-refractivity contribution < 1.29 is 9.90 Å². The number of nitrogens with zero attached hydrogens (tertiary/aromatic N) is 3. The van der Waals surface area contributed by atoms with Gasteiger partial charge in [-0.05, 0) is 24.1 Å². The van der Waals surface area contributed by atoms with E-state index in [4.69, 9.17) is 5.11 Å². The predicted molar refractivity (Wildman–Crippen MR) is 87.3 cm³/mol. The van der Waals surface area contributed by atoms with E-state index in [2.05, 4.69) is 29.0 Å². The molecule has 0 saturated carbocycles. The molecule has 23 heavy (non-hydrogen) atoms. The van der Waals surface area contributed by atoms with Crippen LogP contribution in [-0.4, -0.2) is 25.6 Å². The molecular formula is C18H17N3O2. The first kappa shape index (κ1) is 15.0. The standard InChI is InChI=1S/C18H17N3O2/c1-2-17(13-6-4-3-5-7-13)21-11-16(20-12-21)15-10-14(18(22)23)8-9-19-15/h3-12,17H,2H2,1H3,(H,22,23). The van der Waals surface area contributed by atoms with Crippen LogP contribution in [0.25, 0.3) is 11.4 Å². The van der Waals surface area contributed by atoms with E-state index in [0.717, 1.165) is 6.42 Å². The summed E-state index contributed by atoms with van der Waals surface area (Å²) in [5.41, 5.74) is 2.65. The molecule has 0 bridgehead atoms. The zero-order valence-corrected chi connectivity index (χ0v) is 12.8. The van der Waals surface area contributed by atoms with Gasteiger partial charge in [-0.15, -0.1) is 0 Å². The third-order valence-corrected chi connectivity index (χ3v) is 3.80. The number of imidazole rings is 1. The third kappa shape index (κ3) is 3.13. The van der Waals surface area contributed by atoms with Gasteiger partial charge < -0.3 is 9.67 Å². The number of benzene rings is 1. The minimum Gasteiger partial charge on any atom is -0.478 e. The molecule has 0 spiro atoms. The molecule has 1 atom stereocenters. The molecule has 0 amide bonds. The number of carbonyl (C=O) groups is 1. The predicted octanol–water partition coefficient (Wildman–Crippen LogP) is 3.64. The van der Waals surface area contributed by atoms with Crippen LogP contribution in [0.2, 0.25) is 0 Å². The van der Waals surface area contributed by atoms with Crippen LogP contribution in [0.4, 0.5) is 0 Å². The molecule has 5 nitrogen and oxygen atoms in total. The van der Waals surface area contributed by atoms with Gasteiger partial charge in [0.2, 0.25) is 0 Å². The SMILES string of the molecule is CCC(c1ccccc1)n1cnc(-c2cc(C(=O)O)ccn2)c1. The summed E-state index contributed by atoms with van der Waals surface area (Å²) in [6, 6.07) is 13.4. The summed E-state index contributed by atoms with van der Waals surface area (Å²) in [5.74, 6) is -0.969. The molecule has 0 fully saturated rings. The van der Waals surface area contributed by atoms with Crippen molar-refractivity contribution in [1.82, 2.24) is 14.5 Å². The van der Waals surface area contributed by atoms with Crippen molar-refractivity contribution in [3.8, 4) is 11.4 Å². The monoisotopic (exact) mass is 307 g/mol. The second-order valence-electron chi connectivity index (χ2n) is 5.28. The summed E-state index contributed by atoms with van der Waals surface area (Å²) < 4.78 is 2.04. The smallest absolute Gasteiger partial charge is 0.335 e. The van der Waals surface area contributed by atoms with E-state index in [9.17, 15) is 4.79 Å². The number of pyridine rings is 1. The Morgan fingerprint density at radius 1 is 1.17 bits per heavy atom. The average molecular weight is 307 g/mol. The van der Waals surface area contributed by atoms with E-state index in [1.54, 1.807) is 12.4 Å². The van der Waals surface area contributed by atoms with Gasteiger partial charge in [0, 0.05) is 12.4 Å². The first-order valence-electron chi connectivity index (χ1n) is 7.47. The van der Waals surface area contributed by atoms with Gasteiger partial charge in [-0.2, -0.15) is 0 Å². The number of carboxylic acids is 1. The van der Waals surface area contributed by atoms with E-state index in [1.165, 1.54) is 17.8 Å². The van der Waals surface area contributed by atoms with Gasteiger partial charge in [0.25, 0.3) is 0 Å². The van der Waals surface area contributed by atoms with Crippen LogP contribution in [0.15, 0.2) is 61.2 Å². The second kappa shape index (κ2) is 6.44. The van der Waals surface area contributed by atoms with Crippen LogP contribution in [0.5, 0.6) is 0 Å². The number of aromatic nitrogens is 3. The van der Waals surface area contributed by atoms with Crippen molar-refractivity contribution in [1.29, 1.82) is 0 Å². The molecule has 2 heterocycles. The van der Waals surface area contributed by atoms with Crippen LogP contribution in [0.1, 0.15) is 35.3 Å². The summed E-state index contributed by atoms with van der Waals surface area (Å²) in [4.78, 5) is 19.7. The molecule has 0 saturated heterocycles.